The van der Waals surface area contributed by atoms with Crippen LogP contribution in [0.2, 0.25) is 0 Å². The fourth-order valence-corrected chi connectivity index (χ4v) is 9.56. The second kappa shape index (κ2) is 14.5. The highest BCUT2D eigenvalue weighted by Gasteiger charge is 2.46. The number of hydrogen-bond donors (Lipinski definition) is 0. The van der Waals surface area contributed by atoms with Crippen LogP contribution in [0.3, 0.4) is 0 Å². The summed E-state index contributed by atoms with van der Waals surface area (Å²) in [6.07, 6.45) is 0. The van der Waals surface area contributed by atoms with Gasteiger partial charge >= 0.3 is 0 Å². The van der Waals surface area contributed by atoms with E-state index in [1.165, 1.54) is 33.4 Å². The average molecular weight is 792 g/mol. The van der Waals surface area contributed by atoms with Gasteiger partial charge in [0.1, 0.15) is 11.2 Å². The van der Waals surface area contributed by atoms with E-state index in [0.29, 0.717) is 17.5 Å². The second-order valence-corrected chi connectivity index (χ2v) is 15.9. The van der Waals surface area contributed by atoms with Gasteiger partial charge in [-0.15, -0.1) is 0 Å². The number of rotatable bonds is 7. The van der Waals surface area contributed by atoms with Gasteiger partial charge < -0.3 is 4.42 Å². The molecule has 0 amide bonds. The van der Waals surface area contributed by atoms with Crippen LogP contribution in [0.25, 0.3) is 89.5 Å². The van der Waals surface area contributed by atoms with E-state index in [2.05, 4.69) is 188 Å². The van der Waals surface area contributed by atoms with Crippen LogP contribution in [0.1, 0.15) is 22.3 Å². The molecule has 4 nitrogen and oxygen atoms in total. The quantitative estimate of drug-likeness (QED) is 0.161. The molecule has 0 fully saturated rings. The van der Waals surface area contributed by atoms with Gasteiger partial charge in [0.15, 0.2) is 17.5 Å². The number of furan rings is 1. The number of nitrogens with zero attached hydrogens (tertiary/aromatic N) is 3. The Kier molecular flexibility index (Phi) is 8.36. The summed E-state index contributed by atoms with van der Waals surface area (Å²) in [5, 5.41) is 2.18. The number of fused-ring (bicyclic) bond motifs is 6. The van der Waals surface area contributed by atoms with Gasteiger partial charge in [0.2, 0.25) is 0 Å². The highest BCUT2D eigenvalue weighted by molar-refractivity contribution is 6.06. The molecule has 1 aliphatic rings. The van der Waals surface area contributed by atoms with E-state index < -0.39 is 5.41 Å². The maximum atomic E-state index is 6.82. The van der Waals surface area contributed by atoms with Gasteiger partial charge in [-0.1, -0.05) is 194 Å². The molecule has 4 heteroatoms. The average Bonchev–Trinajstić information content (AvgIpc) is 3.88. The van der Waals surface area contributed by atoms with Gasteiger partial charge in [0.25, 0.3) is 0 Å². The predicted octanol–water partition coefficient (Wildman–Crippen LogP) is 14.5. The largest absolute Gasteiger partial charge is 0.456 e. The zero-order valence-electron chi connectivity index (χ0n) is 33.6. The van der Waals surface area contributed by atoms with E-state index in [4.69, 9.17) is 19.4 Å². The molecule has 0 N–H and O–H groups in total. The molecule has 11 aromatic rings. The first-order valence-electron chi connectivity index (χ1n) is 21.0. The van der Waals surface area contributed by atoms with Gasteiger partial charge in [0, 0.05) is 27.5 Å². The summed E-state index contributed by atoms with van der Waals surface area (Å²) >= 11 is 0. The highest BCUT2D eigenvalue weighted by Crippen LogP contribution is 2.56. The molecule has 62 heavy (non-hydrogen) atoms. The van der Waals surface area contributed by atoms with Crippen molar-refractivity contribution in [3.8, 4) is 67.5 Å². The fourth-order valence-electron chi connectivity index (χ4n) is 9.56. The Hall–Kier alpha value is -8.21. The van der Waals surface area contributed by atoms with E-state index in [1.54, 1.807) is 0 Å². The lowest BCUT2D eigenvalue weighted by atomic mass is 9.67. The van der Waals surface area contributed by atoms with Crippen LogP contribution >= 0.6 is 0 Å². The van der Waals surface area contributed by atoms with Crippen molar-refractivity contribution in [3.05, 3.63) is 247 Å². The smallest absolute Gasteiger partial charge is 0.164 e. The number of hydrogen-bond acceptors (Lipinski definition) is 4. The third kappa shape index (κ3) is 5.80. The molecule has 0 saturated carbocycles. The highest BCUT2D eigenvalue weighted by atomic mass is 16.3. The molecule has 0 aliphatic heterocycles. The Balaban J connectivity index is 0.953. The lowest BCUT2D eigenvalue weighted by Crippen LogP contribution is -2.28. The van der Waals surface area contributed by atoms with Crippen LogP contribution < -0.4 is 0 Å². The molecule has 2 aromatic heterocycles. The Labute approximate surface area is 359 Å². The number of aromatic nitrogens is 3. The first-order valence-corrected chi connectivity index (χ1v) is 21.0. The molecule has 0 saturated heterocycles. The van der Waals surface area contributed by atoms with Gasteiger partial charge in [-0.25, -0.2) is 15.0 Å². The fraction of sp³-hybridized carbons (Fsp3) is 0.0172. The molecule has 0 atom stereocenters. The van der Waals surface area contributed by atoms with Crippen molar-refractivity contribution in [3.63, 3.8) is 0 Å². The van der Waals surface area contributed by atoms with Crippen LogP contribution in [-0.2, 0) is 5.41 Å². The van der Waals surface area contributed by atoms with Crippen molar-refractivity contribution >= 4 is 21.9 Å². The molecule has 1 aliphatic carbocycles. The van der Waals surface area contributed by atoms with Crippen LogP contribution in [0, 0.1) is 0 Å². The van der Waals surface area contributed by atoms with Gasteiger partial charge in [-0.3, -0.25) is 0 Å². The van der Waals surface area contributed by atoms with Crippen LogP contribution in [0.15, 0.2) is 229 Å². The maximum absolute atomic E-state index is 6.82. The third-order valence-corrected chi connectivity index (χ3v) is 12.4. The molecule has 9 aromatic carbocycles. The van der Waals surface area contributed by atoms with Gasteiger partial charge in [-0.05, 0) is 86.0 Å². The second-order valence-electron chi connectivity index (χ2n) is 15.9. The monoisotopic (exact) mass is 791 g/mol. The lowest BCUT2D eigenvalue weighted by molar-refractivity contribution is 0.666. The van der Waals surface area contributed by atoms with Crippen molar-refractivity contribution < 1.29 is 4.42 Å². The van der Waals surface area contributed by atoms with Crippen LogP contribution in [0.4, 0.5) is 0 Å². The summed E-state index contributed by atoms with van der Waals surface area (Å²) in [4.78, 5) is 15.2. The maximum Gasteiger partial charge on any atom is 0.164 e. The van der Waals surface area contributed by atoms with E-state index in [-0.39, 0.29) is 0 Å². The van der Waals surface area contributed by atoms with Crippen molar-refractivity contribution in [2.24, 2.45) is 0 Å². The Morgan fingerprint density at radius 2 is 0.726 bits per heavy atom. The summed E-state index contributed by atoms with van der Waals surface area (Å²) in [5.74, 6) is 1.86. The third-order valence-electron chi connectivity index (χ3n) is 12.4. The molecule has 0 radical (unpaired) electrons. The lowest BCUT2D eigenvalue weighted by Gasteiger charge is -2.33. The van der Waals surface area contributed by atoms with Crippen molar-refractivity contribution in [1.82, 2.24) is 15.0 Å². The molecule has 0 bridgehead atoms. The Bertz CT molecular complexity index is 3420. The summed E-state index contributed by atoms with van der Waals surface area (Å²) in [5.41, 5.74) is 15.8. The molecular formula is C58H37N3O. The SMILES string of the molecule is c1ccc(-c2cccc(-c3nc(-c4ccccc4)nc(-c4cccc(-c5ccc6c(c5)oc5cc(C7(c8ccccc8)c8ccccc8-c8ccccc87)ccc56)c4)n3)c2)cc1. The number of benzene rings is 9. The van der Waals surface area contributed by atoms with Crippen molar-refractivity contribution in [2.45, 2.75) is 5.41 Å². The zero-order chi connectivity index (χ0) is 41.0. The van der Waals surface area contributed by atoms with Crippen molar-refractivity contribution in [2.75, 3.05) is 0 Å². The molecule has 2 heterocycles. The van der Waals surface area contributed by atoms with E-state index in [1.807, 2.05) is 36.4 Å². The Morgan fingerprint density at radius 3 is 1.34 bits per heavy atom. The van der Waals surface area contributed by atoms with Gasteiger partial charge in [0.05, 0.1) is 5.41 Å². The molecule has 0 unspecified atom stereocenters. The van der Waals surface area contributed by atoms with Crippen LogP contribution in [0.5, 0.6) is 0 Å². The normalized spacial score (nSPS) is 12.6. The first kappa shape index (κ1) is 35.7. The minimum absolute atomic E-state index is 0.493. The zero-order valence-corrected chi connectivity index (χ0v) is 33.6. The molecular weight excluding hydrogens is 755 g/mol. The van der Waals surface area contributed by atoms with E-state index >= 15 is 0 Å². The standard InChI is InChI=1S/C58H37N3O/c1-4-16-38(17-5-1)40-20-14-22-43(34-40)56-59-55(39-18-6-2-7-19-39)60-57(61-56)44-23-15-21-41(35-44)42-30-32-49-50-33-31-46(37-54(50)62-53(49)36-42)58(45-24-8-3-9-25-45)51-28-12-10-26-47(51)48-27-11-13-29-52(48)58/h1-37H. The summed E-state index contributed by atoms with van der Waals surface area (Å²) < 4.78 is 6.82. The summed E-state index contributed by atoms with van der Waals surface area (Å²) in [6.45, 7) is 0. The minimum Gasteiger partial charge on any atom is -0.456 e. The van der Waals surface area contributed by atoms with E-state index in [9.17, 15) is 0 Å². The van der Waals surface area contributed by atoms with E-state index in [0.717, 1.165) is 60.9 Å². The molecule has 12 rings (SSSR count). The van der Waals surface area contributed by atoms with Gasteiger partial charge in [-0.2, -0.15) is 0 Å². The Morgan fingerprint density at radius 1 is 0.290 bits per heavy atom. The van der Waals surface area contributed by atoms with Crippen LogP contribution in [-0.4, -0.2) is 15.0 Å². The minimum atomic E-state index is -0.493. The summed E-state index contributed by atoms with van der Waals surface area (Å²) in [7, 11) is 0. The predicted molar refractivity (Wildman–Crippen MR) is 252 cm³/mol. The molecule has 290 valence electrons. The summed E-state index contributed by atoms with van der Waals surface area (Å²) in [6, 6.07) is 79.2. The van der Waals surface area contributed by atoms with Crippen molar-refractivity contribution in [1.29, 1.82) is 0 Å². The topological polar surface area (TPSA) is 51.8 Å². The first-order chi connectivity index (χ1) is 30.7. The molecule has 0 spiro atoms.